The van der Waals surface area contributed by atoms with Crippen molar-refractivity contribution in [1.82, 2.24) is 30.0 Å². The molecule has 1 aliphatic rings. The van der Waals surface area contributed by atoms with Crippen molar-refractivity contribution in [3.05, 3.63) is 35.7 Å². The lowest BCUT2D eigenvalue weighted by Gasteiger charge is -2.16. The molecule has 4 rings (SSSR count). The number of ether oxygens (including phenoxy) is 1. The number of nitrogens with two attached hydrogens (primary N) is 1. The fraction of sp³-hybridized carbons (Fsp3) is 0.476. The van der Waals surface area contributed by atoms with Crippen molar-refractivity contribution < 1.29 is 43.8 Å². The molecule has 0 aromatic carbocycles. The van der Waals surface area contributed by atoms with E-state index >= 15 is 0 Å². The fourth-order valence-corrected chi connectivity index (χ4v) is 5.51. The number of pyridine rings is 1. The number of fused-ring (bicyclic) bond motifs is 1. The van der Waals surface area contributed by atoms with Gasteiger partial charge >= 0.3 is 7.82 Å². The topological polar surface area (TPSA) is 240 Å². The minimum Gasteiger partial charge on any atom is -0.506 e. The number of hydrogen-bond donors (Lipinski definition) is 7. The molecule has 16 nitrogen and oxygen atoms in total. The van der Waals surface area contributed by atoms with E-state index in [1.54, 1.807) is 6.92 Å². The van der Waals surface area contributed by atoms with Crippen molar-refractivity contribution in [2.75, 3.05) is 24.3 Å². The van der Waals surface area contributed by atoms with Crippen LogP contribution in [0.3, 0.4) is 0 Å². The average molecular weight is 588 g/mol. The van der Waals surface area contributed by atoms with Gasteiger partial charge in [-0.05, 0) is 18.5 Å². The summed E-state index contributed by atoms with van der Waals surface area (Å²) in [5, 5.41) is 33.4. The molecule has 1 aliphatic heterocycles. The van der Waals surface area contributed by atoms with Crippen LogP contribution in [0.25, 0.3) is 11.2 Å². The van der Waals surface area contributed by atoms with E-state index in [1.165, 1.54) is 23.4 Å². The van der Waals surface area contributed by atoms with E-state index in [4.69, 9.17) is 25.1 Å². The molecule has 0 spiro atoms. The van der Waals surface area contributed by atoms with Crippen molar-refractivity contribution in [1.29, 1.82) is 0 Å². The van der Waals surface area contributed by atoms with Gasteiger partial charge < -0.3 is 35.6 Å². The lowest BCUT2D eigenvalue weighted by Crippen LogP contribution is -2.33. The molecule has 5 atom stereocenters. The molecule has 3 aromatic heterocycles. The summed E-state index contributed by atoms with van der Waals surface area (Å²) in [7, 11) is -5.09. The Morgan fingerprint density at radius 3 is 2.77 bits per heavy atom. The number of nitrogens with zero attached hydrogens (tertiary/aromatic N) is 5. The first kappa shape index (κ1) is 29.4. The number of imidazole rings is 1. The van der Waals surface area contributed by atoms with Gasteiger partial charge in [0.25, 0.3) is 0 Å². The highest BCUT2D eigenvalue weighted by Gasteiger charge is 2.44. The first-order valence-electron chi connectivity index (χ1n) is 11.6. The molecule has 39 heavy (non-hydrogen) atoms. The highest BCUT2D eigenvalue weighted by Crippen LogP contribution is 2.38. The van der Waals surface area contributed by atoms with Gasteiger partial charge in [-0.1, -0.05) is 0 Å². The normalized spacial score (nSPS) is 22.6. The van der Waals surface area contributed by atoms with Crippen molar-refractivity contribution in [3.8, 4) is 5.75 Å². The van der Waals surface area contributed by atoms with Crippen LogP contribution < -0.4 is 11.2 Å². The Bertz CT molecular complexity index is 1400. The molecule has 8 N–H and O–H groups in total. The maximum absolute atomic E-state index is 11.0. The lowest BCUT2D eigenvalue weighted by atomic mass is 10.1. The number of hydroxylamine groups is 1. The van der Waals surface area contributed by atoms with Gasteiger partial charge in [-0.15, -0.1) is 0 Å². The van der Waals surface area contributed by atoms with Gasteiger partial charge in [0.05, 0.1) is 37.9 Å². The van der Waals surface area contributed by atoms with Gasteiger partial charge in [0.2, 0.25) is 0 Å². The molecule has 0 saturated carbocycles. The maximum atomic E-state index is 11.0. The molecule has 4 heterocycles. The highest BCUT2D eigenvalue weighted by molar-refractivity contribution is 8.14. The quantitative estimate of drug-likeness (QED) is 0.0645. The van der Waals surface area contributed by atoms with Gasteiger partial charge in [-0.2, -0.15) is 16.0 Å². The predicted octanol–water partition coefficient (Wildman–Crippen LogP) is -0.532. The first-order chi connectivity index (χ1) is 18.5. The summed E-state index contributed by atoms with van der Waals surface area (Å²) in [5.74, 6) is 0.467. The first-order valence-corrected chi connectivity index (χ1v) is 15.0. The Morgan fingerprint density at radius 2 is 2.03 bits per heavy atom. The zero-order valence-corrected chi connectivity index (χ0v) is 22.7. The number of aliphatic hydroxyl groups is 2. The van der Waals surface area contributed by atoms with Crippen molar-refractivity contribution >= 4 is 40.7 Å². The number of nitrogens with one attached hydrogen (secondary N) is 1. The summed E-state index contributed by atoms with van der Waals surface area (Å²) in [6.07, 6.45) is 2.09. The van der Waals surface area contributed by atoms with Crippen LogP contribution in [0.2, 0.25) is 0 Å². The Hall–Kier alpha value is -2.57. The van der Waals surface area contributed by atoms with Gasteiger partial charge in [0, 0.05) is 23.1 Å². The highest BCUT2D eigenvalue weighted by atomic mass is 32.2. The zero-order chi connectivity index (χ0) is 28.3. The smallest absolute Gasteiger partial charge is 0.469 e. The van der Waals surface area contributed by atoms with E-state index < -0.39 is 39.0 Å². The average Bonchev–Trinajstić information content (AvgIpc) is 3.42. The standard InChI is InChI=1S/C21H30N7O9PS/c1-11-16(29)13(12(5-23-11)7-36-38(32,33)34)6-27-35-3-4-39(2)8-14-17(30)18(31)21(37-14)28-10-26-15-19(22)24-9-25-20(15)28/h4-5,9-10,14,17-18,21,27,29-31H,3,6-8H2,1-2H3,(H2,22,24,25)(H2,32,33,34)/t14-,17-,18-,21-,39-/m1/s1. The summed E-state index contributed by atoms with van der Waals surface area (Å²) in [4.78, 5) is 39.5. The molecule has 1 fully saturated rings. The molecule has 18 heteroatoms. The van der Waals surface area contributed by atoms with E-state index in [0.29, 0.717) is 28.2 Å². The number of rotatable bonds is 11. The minimum atomic E-state index is -4.70. The molecule has 0 aliphatic carbocycles. The summed E-state index contributed by atoms with van der Waals surface area (Å²) in [6.45, 7) is 1.32. The number of hydrogen-bond acceptors (Lipinski definition) is 13. The number of anilines is 1. The number of phosphoric acid groups is 1. The Labute approximate surface area is 224 Å². The lowest BCUT2D eigenvalue weighted by molar-refractivity contribution is -0.0289. The van der Waals surface area contributed by atoms with Crippen LogP contribution in [0.15, 0.2) is 18.9 Å². The third-order valence-electron chi connectivity index (χ3n) is 6.03. The number of phosphoric ester groups is 1. The SMILES string of the molecule is Cc1ncc(COP(=O)(O)O)c(CNOC/C=[S@@](\C)C[C@H]2O[C@@H](n3cnc4c(N)ncnc43)[C@H](O)[C@@H]2O)c1O. The molecule has 214 valence electrons. The van der Waals surface area contributed by atoms with Crippen molar-refractivity contribution in [3.63, 3.8) is 0 Å². The van der Waals surface area contributed by atoms with Crippen LogP contribution in [-0.2, 0) is 31.8 Å². The number of nitrogen functional groups attached to an aromatic ring is 1. The molecule has 0 radical (unpaired) electrons. The summed E-state index contributed by atoms with van der Waals surface area (Å²) >= 11 is 0. The zero-order valence-electron chi connectivity index (χ0n) is 21.0. The van der Waals surface area contributed by atoms with Gasteiger partial charge in [-0.25, -0.2) is 19.5 Å². The monoisotopic (exact) mass is 587 g/mol. The molecule has 0 bridgehead atoms. The number of aryl methyl sites for hydroxylation is 1. The van der Waals surface area contributed by atoms with E-state index in [1.807, 2.05) is 11.6 Å². The molecule has 3 aromatic rings. The van der Waals surface area contributed by atoms with Gasteiger partial charge in [0.1, 0.15) is 29.8 Å². The van der Waals surface area contributed by atoms with E-state index in [0.717, 1.165) is 0 Å². The fourth-order valence-electron chi connectivity index (χ4n) is 3.97. The molecule has 0 amide bonds. The van der Waals surface area contributed by atoms with E-state index in [2.05, 4.69) is 29.9 Å². The molecular weight excluding hydrogens is 557 g/mol. The van der Waals surface area contributed by atoms with E-state index in [9.17, 15) is 19.9 Å². The second-order valence-electron chi connectivity index (χ2n) is 8.75. The number of aromatic nitrogens is 5. The Morgan fingerprint density at radius 1 is 1.26 bits per heavy atom. The van der Waals surface area contributed by atoms with Crippen LogP contribution in [0, 0.1) is 6.92 Å². The van der Waals surface area contributed by atoms with Crippen LogP contribution >= 0.6 is 18.3 Å². The summed E-state index contributed by atoms with van der Waals surface area (Å²) in [5.41, 5.74) is 10.2. The maximum Gasteiger partial charge on any atom is 0.469 e. The predicted molar refractivity (Wildman–Crippen MR) is 140 cm³/mol. The number of aliphatic hydroxyl groups excluding tert-OH is 2. The van der Waals surface area contributed by atoms with E-state index in [-0.39, 0.29) is 40.8 Å². The molecular formula is C21H30N7O9PS. The summed E-state index contributed by atoms with van der Waals surface area (Å²) in [6, 6.07) is 0. The van der Waals surface area contributed by atoms with Crippen LogP contribution in [0.4, 0.5) is 5.82 Å². The summed E-state index contributed by atoms with van der Waals surface area (Å²) < 4.78 is 23.0. The van der Waals surface area contributed by atoms with Crippen molar-refractivity contribution in [2.45, 2.75) is 44.6 Å². The van der Waals surface area contributed by atoms with Crippen molar-refractivity contribution in [2.24, 2.45) is 0 Å². The van der Waals surface area contributed by atoms with Crippen LogP contribution in [0.1, 0.15) is 23.0 Å². The van der Waals surface area contributed by atoms with Crippen LogP contribution in [0.5, 0.6) is 5.75 Å². The second-order valence-corrected chi connectivity index (χ2v) is 12.0. The van der Waals surface area contributed by atoms with Gasteiger partial charge in [-0.3, -0.25) is 18.9 Å². The minimum absolute atomic E-state index is 0.0195. The Kier molecular flexibility index (Phi) is 9.28. The Balaban J connectivity index is 1.31. The molecule has 0 unspecified atom stereocenters. The third-order valence-corrected chi connectivity index (χ3v) is 8.06. The number of aromatic hydroxyl groups is 1. The third kappa shape index (κ3) is 6.96. The second kappa shape index (κ2) is 12.3. The largest absolute Gasteiger partial charge is 0.506 e. The van der Waals surface area contributed by atoms with Gasteiger partial charge in [0.15, 0.2) is 17.7 Å². The molecule has 1 saturated heterocycles. The van der Waals surface area contributed by atoms with Crippen LogP contribution in [-0.4, -0.2) is 91.9 Å².